The lowest BCUT2D eigenvalue weighted by Gasteiger charge is -2.34. The molecule has 0 atom stereocenters. The van der Waals surface area contributed by atoms with E-state index in [0.717, 1.165) is 12.8 Å². The number of aliphatic carboxylic acids is 1. The molecule has 6 heteroatoms. The van der Waals surface area contributed by atoms with Gasteiger partial charge in [0, 0.05) is 31.7 Å². The molecule has 1 heterocycles. The molecule has 0 spiro atoms. The summed E-state index contributed by atoms with van der Waals surface area (Å²) in [7, 11) is 0. The molecule has 1 aliphatic rings. The zero-order chi connectivity index (χ0) is 12.7. The van der Waals surface area contributed by atoms with E-state index in [1.165, 1.54) is 0 Å². The van der Waals surface area contributed by atoms with Crippen LogP contribution in [-0.2, 0) is 9.53 Å². The largest absolute Gasteiger partial charge is 0.481 e. The summed E-state index contributed by atoms with van der Waals surface area (Å²) in [6, 6.07) is -0.236. The molecule has 98 valence electrons. The molecule has 0 aromatic carbocycles. The molecule has 0 bridgehead atoms. The van der Waals surface area contributed by atoms with Crippen LogP contribution >= 0.6 is 0 Å². The van der Waals surface area contributed by atoms with Gasteiger partial charge in [-0.2, -0.15) is 0 Å². The van der Waals surface area contributed by atoms with Crippen molar-refractivity contribution in [2.45, 2.75) is 38.1 Å². The van der Waals surface area contributed by atoms with E-state index in [-0.39, 0.29) is 18.0 Å². The van der Waals surface area contributed by atoms with E-state index in [2.05, 4.69) is 10.6 Å². The van der Waals surface area contributed by atoms with Gasteiger partial charge >= 0.3 is 12.0 Å². The lowest BCUT2D eigenvalue weighted by Crippen LogP contribution is -2.53. The molecule has 2 amide bonds. The Bertz CT molecular complexity index is 275. The zero-order valence-corrected chi connectivity index (χ0v) is 10.1. The number of carbonyl (C=O) groups excluding carboxylic acids is 1. The van der Waals surface area contributed by atoms with E-state index in [9.17, 15) is 9.59 Å². The fourth-order valence-electron chi connectivity index (χ4n) is 1.71. The number of carbonyl (C=O) groups is 2. The van der Waals surface area contributed by atoms with Crippen LogP contribution in [0.25, 0.3) is 0 Å². The van der Waals surface area contributed by atoms with Crippen molar-refractivity contribution in [3.63, 3.8) is 0 Å². The first kappa shape index (κ1) is 13.8. The maximum absolute atomic E-state index is 11.6. The summed E-state index contributed by atoms with van der Waals surface area (Å²) in [4.78, 5) is 21.8. The summed E-state index contributed by atoms with van der Waals surface area (Å²) in [5.74, 6) is -0.844. The minimum atomic E-state index is -0.844. The van der Waals surface area contributed by atoms with E-state index in [1.807, 2.05) is 6.92 Å². The standard InChI is InChI=1S/C11H20N2O4/c1-11(4-7-17-8-5-11)13-10(16)12-6-2-3-9(14)15/h2-8H2,1H3,(H,14,15)(H2,12,13,16). The first-order valence-electron chi connectivity index (χ1n) is 5.87. The molecule has 1 fully saturated rings. The third-order valence-electron chi connectivity index (χ3n) is 2.86. The van der Waals surface area contributed by atoms with Gasteiger partial charge in [-0.1, -0.05) is 0 Å². The van der Waals surface area contributed by atoms with Crippen molar-refractivity contribution in [3.05, 3.63) is 0 Å². The Labute approximate surface area is 101 Å². The number of hydrogen-bond donors (Lipinski definition) is 3. The lowest BCUT2D eigenvalue weighted by molar-refractivity contribution is -0.137. The monoisotopic (exact) mass is 244 g/mol. The van der Waals surface area contributed by atoms with Crippen LogP contribution in [0.15, 0.2) is 0 Å². The Kier molecular flexibility index (Phi) is 5.21. The van der Waals surface area contributed by atoms with E-state index < -0.39 is 5.97 Å². The second-order valence-electron chi connectivity index (χ2n) is 4.55. The lowest BCUT2D eigenvalue weighted by atomic mass is 9.93. The second kappa shape index (κ2) is 6.44. The highest BCUT2D eigenvalue weighted by atomic mass is 16.5. The predicted octanol–water partition coefficient (Wildman–Crippen LogP) is 0.719. The predicted molar refractivity (Wildman–Crippen MR) is 61.9 cm³/mol. The first-order chi connectivity index (χ1) is 8.02. The maximum atomic E-state index is 11.6. The minimum absolute atomic E-state index is 0.0748. The molecule has 1 saturated heterocycles. The van der Waals surface area contributed by atoms with E-state index >= 15 is 0 Å². The minimum Gasteiger partial charge on any atom is -0.481 e. The highest BCUT2D eigenvalue weighted by Gasteiger charge is 2.28. The molecular formula is C11H20N2O4. The second-order valence-corrected chi connectivity index (χ2v) is 4.55. The number of carboxylic acid groups (broad SMARTS) is 1. The van der Waals surface area contributed by atoms with Gasteiger partial charge in [0.05, 0.1) is 0 Å². The average molecular weight is 244 g/mol. The third kappa shape index (κ3) is 5.53. The van der Waals surface area contributed by atoms with Crippen LogP contribution in [0.1, 0.15) is 32.6 Å². The molecular weight excluding hydrogens is 224 g/mol. The highest BCUT2D eigenvalue weighted by molar-refractivity contribution is 5.74. The van der Waals surface area contributed by atoms with Crippen LogP contribution in [-0.4, -0.2) is 42.4 Å². The van der Waals surface area contributed by atoms with Gasteiger partial charge in [-0.3, -0.25) is 4.79 Å². The van der Waals surface area contributed by atoms with E-state index in [1.54, 1.807) is 0 Å². The molecule has 0 aromatic rings. The van der Waals surface area contributed by atoms with Gasteiger partial charge < -0.3 is 20.5 Å². The van der Waals surface area contributed by atoms with Crippen molar-refractivity contribution in [1.29, 1.82) is 0 Å². The maximum Gasteiger partial charge on any atom is 0.315 e. The number of rotatable bonds is 5. The van der Waals surface area contributed by atoms with Gasteiger partial charge in [0.2, 0.25) is 0 Å². The number of hydrogen-bond acceptors (Lipinski definition) is 3. The quantitative estimate of drug-likeness (QED) is 0.622. The van der Waals surface area contributed by atoms with Gasteiger partial charge in [-0.15, -0.1) is 0 Å². The Balaban J connectivity index is 2.17. The van der Waals surface area contributed by atoms with Crippen LogP contribution < -0.4 is 10.6 Å². The fraction of sp³-hybridized carbons (Fsp3) is 0.818. The number of amides is 2. The molecule has 1 aliphatic heterocycles. The van der Waals surface area contributed by atoms with Crippen molar-refractivity contribution < 1.29 is 19.4 Å². The Morgan fingerprint density at radius 1 is 1.35 bits per heavy atom. The molecule has 0 unspecified atom stereocenters. The number of carboxylic acids is 1. The molecule has 1 rings (SSSR count). The summed E-state index contributed by atoms with van der Waals surface area (Å²) >= 11 is 0. The van der Waals surface area contributed by atoms with Gasteiger partial charge in [-0.25, -0.2) is 4.79 Å². The summed E-state index contributed by atoms with van der Waals surface area (Å²) in [6.45, 7) is 3.70. The summed E-state index contributed by atoms with van der Waals surface area (Å²) in [6.07, 6.45) is 2.12. The number of ether oxygens (including phenoxy) is 1. The third-order valence-corrected chi connectivity index (χ3v) is 2.86. The van der Waals surface area contributed by atoms with Crippen LogP contribution in [0, 0.1) is 0 Å². The summed E-state index contributed by atoms with van der Waals surface area (Å²) in [5.41, 5.74) is -0.213. The van der Waals surface area contributed by atoms with Crippen LogP contribution in [0.5, 0.6) is 0 Å². The van der Waals surface area contributed by atoms with Crippen molar-refractivity contribution in [2.75, 3.05) is 19.8 Å². The molecule has 17 heavy (non-hydrogen) atoms. The summed E-state index contributed by atoms with van der Waals surface area (Å²) in [5, 5.41) is 14.0. The topological polar surface area (TPSA) is 87.7 Å². The molecule has 3 N–H and O–H groups in total. The SMILES string of the molecule is CC1(NC(=O)NCCCC(=O)O)CCOCC1. The average Bonchev–Trinajstić information content (AvgIpc) is 2.24. The van der Waals surface area contributed by atoms with E-state index in [0.29, 0.717) is 26.2 Å². The Morgan fingerprint density at radius 2 is 2.00 bits per heavy atom. The fourth-order valence-corrected chi connectivity index (χ4v) is 1.71. The van der Waals surface area contributed by atoms with Crippen molar-refractivity contribution in [3.8, 4) is 0 Å². The van der Waals surface area contributed by atoms with Crippen LogP contribution in [0.4, 0.5) is 4.79 Å². The molecule has 0 radical (unpaired) electrons. The Morgan fingerprint density at radius 3 is 2.59 bits per heavy atom. The van der Waals surface area contributed by atoms with Gasteiger partial charge in [0.1, 0.15) is 0 Å². The highest BCUT2D eigenvalue weighted by Crippen LogP contribution is 2.19. The zero-order valence-electron chi connectivity index (χ0n) is 10.1. The smallest absolute Gasteiger partial charge is 0.315 e. The van der Waals surface area contributed by atoms with Crippen molar-refractivity contribution in [2.24, 2.45) is 0 Å². The van der Waals surface area contributed by atoms with Gasteiger partial charge in [-0.05, 0) is 26.2 Å². The van der Waals surface area contributed by atoms with Crippen molar-refractivity contribution in [1.82, 2.24) is 10.6 Å². The van der Waals surface area contributed by atoms with E-state index in [4.69, 9.17) is 9.84 Å². The van der Waals surface area contributed by atoms with Crippen molar-refractivity contribution >= 4 is 12.0 Å². The number of urea groups is 1. The molecule has 0 aliphatic carbocycles. The van der Waals surface area contributed by atoms with Gasteiger partial charge in [0.25, 0.3) is 0 Å². The molecule has 0 saturated carbocycles. The normalized spacial score (nSPS) is 18.4. The molecule has 6 nitrogen and oxygen atoms in total. The first-order valence-corrected chi connectivity index (χ1v) is 5.87. The Hall–Kier alpha value is -1.30. The van der Waals surface area contributed by atoms with Gasteiger partial charge in [0.15, 0.2) is 0 Å². The molecule has 0 aromatic heterocycles. The van der Waals surface area contributed by atoms with Crippen LogP contribution in [0.2, 0.25) is 0 Å². The number of nitrogens with one attached hydrogen (secondary N) is 2. The summed E-state index contributed by atoms with van der Waals surface area (Å²) < 4.78 is 5.23. The van der Waals surface area contributed by atoms with Crippen LogP contribution in [0.3, 0.4) is 0 Å².